The van der Waals surface area contributed by atoms with Gasteiger partial charge >= 0.3 is 6.18 Å². The third kappa shape index (κ3) is 4.19. The number of halogens is 3. The molecule has 3 heterocycles. The highest BCUT2D eigenvalue weighted by Crippen LogP contribution is 2.37. The van der Waals surface area contributed by atoms with Crippen molar-refractivity contribution in [2.24, 2.45) is 0 Å². The van der Waals surface area contributed by atoms with E-state index >= 15 is 0 Å². The van der Waals surface area contributed by atoms with Crippen LogP contribution in [0.15, 0.2) is 48.8 Å². The highest BCUT2D eigenvalue weighted by molar-refractivity contribution is 5.93. The number of fused-ring (bicyclic) bond motifs is 2. The normalized spacial score (nSPS) is 16.9. The molecular weight excluding hydrogens is 453 g/mol. The molecular formula is C26H27F3N6. The fourth-order valence-corrected chi connectivity index (χ4v) is 5.04. The van der Waals surface area contributed by atoms with Crippen LogP contribution in [0.4, 0.5) is 24.7 Å². The minimum atomic E-state index is -4.40. The second-order valence-electron chi connectivity index (χ2n) is 9.15. The summed E-state index contributed by atoms with van der Waals surface area (Å²) in [4.78, 5) is 7.01. The van der Waals surface area contributed by atoms with Gasteiger partial charge in [-0.3, -0.25) is 0 Å². The largest absolute Gasteiger partial charge is 0.416 e. The molecule has 35 heavy (non-hydrogen) atoms. The first kappa shape index (κ1) is 23.1. The molecule has 2 aromatic heterocycles. The number of rotatable bonds is 4. The number of nitrogens with zero attached hydrogens (tertiary/aromatic N) is 5. The summed E-state index contributed by atoms with van der Waals surface area (Å²) >= 11 is 0. The van der Waals surface area contributed by atoms with E-state index in [0.717, 1.165) is 47.1 Å². The van der Waals surface area contributed by atoms with E-state index < -0.39 is 17.8 Å². The van der Waals surface area contributed by atoms with Gasteiger partial charge in [0.2, 0.25) is 0 Å². The number of hydrogen-bond acceptors (Lipinski definition) is 5. The minimum absolute atomic E-state index is 0.104. The van der Waals surface area contributed by atoms with Gasteiger partial charge in [-0.15, -0.1) is 5.10 Å². The van der Waals surface area contributed by atoms with Crippen molar-refractivity contribution in [2.75, 3.05) is 16.8 Å². The molecule has 0 aliphatic carbocycles. The zero-order valence-electron chi connectivity index (χ0n) is 20.1. The van der Waals surface area contributed by atoms with E-state index in [4.69, 9.17) is 4.98 Å². The predicted molar refractivity (Wildman–Crippen MR) is 130 cm³/mol. The predicted octanol–water partition coefficient (Wildman–Crippen LogP) is 6.22. The summed E-state index contributed by atoms with van der Waals surface area (Å²) < 4.78 is 42.5. The lowest BCUT2D eigenvalue weighted by molar-refractivity contribution is -0.138. The Labute approximate surface area is 201 Å². The first-order chi connectivity index (χ1) is 16.6. The molecule has 2 atom stereocenters. The van der Waals surface area contributed by atoms with Crippen molar-refractivity contribution < 1.29 is 13.2 Å². The Morgan fingerprint density at radius 1 is 1.11 bits per heavy atom. The maximum atomic E-state index is 13.4. The highest BCUT2D eigenvalue weighted by atomic mass is 19.4. The Morgan fingerprint density at radius 2 is 1.91 bits per heavy atom. The van der Waals surface area contributed by atoms with Crippen molar-refractivity contribution in [1.29, 1.82) is 0 Å². The number of nitrogens with one attached hydrogen (secondary N) is 1. The number of hydrogen-bond donors (Lipinski definition) is 1. The average Bonchev–Trinajstić information content (AvgIpc) is 3.20. The first-order valence-electron chi connectivity index (χ1n) is 11.6. The molecule has 0 fully saturated rings. The molecule has 0 saturated carbocycles. The van der Waals surface area contributed by atoms with Crippen LogP contribution in [0, 0.1) is 13.8 Å². The van der Waals surface area contributed by atoms with E-state index in [1.807, 2.05) is 19.9 Å². The third-order valence-electron chi connectivity index (χ3n) is 6.83. The number of benzene rings is 2. The van der Waals surface area contributed by atoms with E-state index in [0.29, 0.717) is 11.4 Å². The van der Waals surface area contributed by atoms with Gasteiger partial charge in [0.05, 0.1) is 29.5 Å². The topological polar surface area (TPSA) is 58.9 Å². The van der Waals surface area contributed by atoms with Gasteiger partial charge in [0, 0.05) is 35.7 Å². The number of aromatic nitrogens is 4. The Bertz CT molecular complexity index is 1390. The van der Waals surface area contributed by atoms with Gasteiger partial charge in [-0.2, -0.15) is 18.3 Å². The van der Waals surface area contributed by atoms with Crippen LogP contribution in [0.3, 0.4) is 0 Å². The summed E-state index contributed by atoms with van der Waals surface area (Å²) in [6.07, 6.45) is -0.620. The third-order valence-corrected chi connectivity index (χ3v) is 6.83. The molecule has 0 amide bonds. The monoisotopic (exact) mass is 480 g/mol. The van der Waals surface area contributed by atoms with Crippen molar-refractivity contribution in [3.8, 4) is 0 Å². The van der Waals surface area contributed by atoms with E-state index in [-0.39, 0.29) is 11.6 Å². The summed E-state index contributed by atoms with van der Waals surface area (Å²) in [6, 6.07) is 10.1. The number of imidazole rings is 1. The molecule has 5 rings (SSSR count). The van der Waals surface area contributed by atoms with Crippen LogP contribution >= 0.6 is 0 Å². The molecule has 4 aromatic rings. The lowest BCUT2D eigenvalue weighted by Crippen LogP contribution is -2.36. The van der Waals surface area contributed by atoms with Crippen molar-refractivity contribution in [2.45, 2.75) is 52.5 Å². The molecule has 0 saturated heterocycles. The molecule has 182 valence electrons. The van der Waals surface area contributed by atoms with Crippen molar-refractivity contribution in [1.82, 2.24) is 19.7 Å². The molecule has 0 bridgehead atoms. The Hall–Kier alpha value is -3.62. The van der Waals surface area contributed by atoms with Crippen LogP contribution in [0.1, 0.15) is 54.1 Å². The minimum Gasteiger partial charge on any atom is -0.362 e. The van der Waals surface area contributed by atoms with E-state index in [9.17, 15) is 13.2 Å². The van der Waals surface area contributed by atoms with Crippen LogP contribution < -0.4 is 10.2 Å². The molecule has 1 aliphatic rings. The van der Waals surface area contributed by atoms with Crippen LogP contribution in [0.2, 0.25) is 0 Å². The standard InChI is InChI=1S/C26H27F3N6/c1-15-14-34-10-11-35(18(4)25(34)31-15)20-9-8-19-13-30-33-24(22(19)12-20)32-17(3)21-6-5-7-23(16(21)2)26(27,28)29/h5-9,12-14,17-18H,10-11H2,1-4H3,(H,32,33). The molecule has 0 spiro atoms. The summed E-state index contributed by atoms with van der Waals surface area (Å²) in [5, 5.41) is 13.5. The number of alkyl halides is 3. The molecule has 6 nitrogen and oxygen atoms in total. The van der Waals surface area contributed by atoms with E-state index in [1.165, 1.54) is 13.0 Å². The van der Waals surface area contributed by atoms with Gasteiger partial charge in [0.15, 0.2) is 5.82 Å². The quantitative estimate of drug-likeness (QED) is 0.376. The summed E-state index contributed by atoms with van der Waals surface area (Å²) in [7, 11) is 0. The highest BCUT2D eigenvalue weighted by Gasteiger charge is 2.33. The van der Waals surface area contributed by atoms with Crippen LogP contribution in [-0.4, -0.2) is 26.3 Å². The van der Waals surface area contributed by atoms with Gasteiger partial charge < -0.3 is 14.8 Å². The Morgan fingerprint density at radius 3 is 2.69 bits per heavy atom. The van der Waals surface area contributed by atoms with E-state index in [1.54, 1.807) is 12.3 Å². The van der Waals surface area contributed by atoms with Gasteiger partial charge in [0.25, 0.3) is 0 Å². The van der Waals surface area contributed by atoms with Crippen molar-refractivity contribution >= 4 is 22.3 Å². The molecule has 2 unspecified atom stereocenters. The molecule has 0 radical (unpaired) electrons. The summed E-state index contributed by atoms with van der Waals surface area (Å²) in [6.45, 7) is 9.18. The number of anilines is 2. The maximum Gasteiger partial charge on any atom is 0.416 e. The summed E-state index contributed by atoms with van der Waals surface area (Å²) in [5.74, 6) is 1.57. The number of aryl methyl sites for hydroxylation is 1. The van der Waals surface area contributed by atoms with E-state index in [2.05, 4.69) is 50.2 Å². The van der Waals surface area contributed by atoms with Crippen molar-refractivity contribution in [3.63, 3.8) is 0 Å². The van der Waals surface area contributed by atoms with Gasteiger partial charge in [-0.1, -0.05) is 18.2 Å². The Balaban J connectivity index is 1.48. The summed E-state index contributed by atoms with van der Waals surface area (Å²) in [5.41, 5.74) is 2.20. The van der Waals surface area contributed by atoms with Crippen LogP contribution in [-0.2, 0) is 12.7 Å². The zero-order chi connectivity index (χ0) is 24.9. The Kier molecular flexibility index (Phi) is 5.65. The van der Waals surface area contributed by atoms with Crippen LogP contribution in [0.5, 0.6) is 0 Å². The van der Waals surface area contributed by atoms with Gasteiger partial charge in [0.1, 0.15) is 5.82 Å². The molecule has 1 aliphatic heterocycles. The molecule has 2 aromatic carbocycles. The zero-order valence-corrected chi connectivity index (χ0v) is 20.1. The molecule has 1 N–H and O–H groups in total. The first-order valence-corrected chi connectivity index (χ1v) is 11.6. The van der Waals surface area contributed by atoms with Crippen molar-refractivity contribution in [3.05, 3.63) is 77.0 Å². The smallest absolute Gasteiger partial charge is 0.362 e. The van der Waals surface area contributed by atoms with Crippen LogP contribution in [0.25, 0.3) is 10.8 Å². The second-order valence-corrected chi connectivity index (χ2v) is 9.15. The average molecular weight is 481 g/mol. The fourth-order valence-electron chi connectivity index (χ4n) is 5.04. The fraction of sp³-hybridized carbons (Fsp3) is 0.346. The lowest BCUT2D eigenvalue weighted by atomic mass is 9.97. The molecule has 9 heteroatoms. The van der Waals surface area contributed by atoms with Gasteiger partial charge in [-0.25, -0.2) is 4.98 Å². The lowest BCUT2D eigenvalue weighted by Gasteiger charge is -2.35. The second kappa shape index (κ2) is 8.55. The maximum absolute atomic E-state index is 13.4. The van der Waals surface area contributed by atoms with Gasteiger partial charge in [-0.05, 0) is 57.0 Å². The SMILES string of the molecule is Cc1cn2c(n1)C(C)N(c1ccc3cnnc(NC(C)c4cccc(C(F)(F)F)c4C)c3c1)CC2.